The van der Waals surface area contributed by atoms with E-state index in [2.05, 4.69) is 0 Å². The predicted molar refractivity (Wildman–Crippen MR) is 80.6 cm³/mol. The molecule has 0 saturated heterocycles. The van der Waals surface area contributed by atoms with Crippen LogP contribution < -0.4 is 4.74 Å². The highest BCUT2D eigenvalue weighted by Gasteiger charge is 2.18. The van der Waals surface area contributed by atoms with E-state index in [1.165, 1.54) is 13.2 Å². The number of ether oxygens (including phenoxy) is 2. The van der Waals surface area contributed by atoms with Gasteiger partial charge in [-0.2, -0.15) is 0 Å². The van der Waals surface area contributed by atoms with Gasteiger partial charge in [0.2, 0.25) is 5.78 Å². The Morgan fingerprint density at radius 1 is 1.21 bits per heavy atom. The number of ketones is 1. The SMILES string of the molecule is COc1cc(C(=O)OCC(=O)c2ccc(F)cc2F)cc(Cl)c1O. The Bertz CT molecular complexity index is 807. The lowest BCUT2D eigenvalue weighted by Gasteiger charge is -2.09. The molecule has 0 aliphatic carbocycles. The zero-order valence-electron chi connectivity index (χ0n) is 12.3. The Balaban J connectivity index is 2.10. The first kappa shape index (κ1) is 17.7. The number of methoxy groups -OCH3 is 1. The number of Topliss-reactive ketones (excluding diaryl/α,β-unsaturated/α-hetero) is 1. The summed E-state index contributed by atoms with van der Waals surface area (Å²) < 4.78 is 35.9. The molecule has 0 aliphatic rings. The first-order chi connectivity index (χ1) is 11.3. The van der Waals surface area contributed by atoms with Crippen molar-refractivity contribution < 1.29 is 33.0 Å². The van der Waals surface area contributed by atoms with Gasteiger partial charge in [0.25, 0.3) is 0 Å². The maximum absolute atomic E-state index is 13.5. The van der Waals surface area contributed by atoms with E-state index in [1.807, 2.05) is 0 Å². The summed E-state index contributed by atoms with van der Waals surface area (Å²) in [4.78, 5) is 23.8. The van der Waals surface area contributed by atoms with E-state index in [9.17, 15) is 23.5 Å². The minimum absolute atomic E-state index is 0.0506. The second-order valence-electron chi connectivity index (χ2n) is 4.63. The standard InChI is InChI=1S/C16H11ClF2O5/c1-23-14-5-8(4-11(17)15(14)21)16(22)24-7-13(20)10-3-2-9(18)6-12(10)19/h2-6,21H,7H2,1H3. The number of phenols is 1. The molecule has 0 saturated carbocycles. The fourth-order valence-electron chi connectivity index (χ4n) is 1.86. The first-order valence-electron chi connectivity index (χ1n) is 6.55. The van der Waals surface area contributed by atoms with Gasteiger partial charge >= 0.3 is 5.97 Å². The molecule has 0 atom stereocenters. The number of rotatable bonds is 5. The minimum Gasteiger partial charge on any atom is -0.503 e. The van der Waals surface area contributed by atoms with E-state index < -0.39 is 35.6 Å². The molecule has 2 aromatic rings. The molecule has 0 aromatic heterocycles. The molecule has 0 radical (unpaired) electrons. The number of halogens is 3. The Labute approximate surface area is 140 Å². The number of carbonyl (C=O) groups excluding carboxylic acids is 2. The fraction of sp³-hybridized carbons (Fsp3) is 0.125. The number of esters is 1. The van der Waals surface area contributed by atoms with Gasteiger partial charge in [0.1, 0.15) is 11.6 Å². The van der Waals surface area contributed by atoms with E-state index in [4.69, 9.17) is 21.1 Å². The molecule has 8 heteroatoms. The fourth-order valence-corrected chi connectivity index (χ4v) is 2.07. The summed E-state index contributed by atoms with van der Waals surface area (Å²) in [5.74, 6) is -4.04. The van der Waals surface area contributed by atoms with Gasteiger partial charge in [-0.3, -0.25) is 4.79 Å². The van der Waals surface area contributed by atoms with Gasteiger partial charge < -0.3 is 14.6 Å². The summed E-state index contributed by atoms with van der Waals surface area (Å²) >= 11 is 5.75. The molecule has 2 rings (SSSR count). The average molecular weight is 357 g/mol. The van der Waals surface area contributed by atoms with Gasteiger partial charge in [0.05, 0.1) is 23.3 Å². The van der Waals surface area contributed by atoms with Crippen LogP contribution in [-0.4, -0.2) is 30.6 Å². The highest BCUT2D eigenvalue weighted by molar-refractivity contribution is 6.32. The first-order valence-corrected chi connectivity index (χ1v) is 6.93. The Kier molecular flexibility index (Phi) is 5.35. The second kappa shape index (κ2) is 7.27. The highest BCUT2D eigenvalue weighted by atomic mass is 35.5. The molecule has 24 heavy (non-hydrogen) atoms. The molecule has 0 aliphatic heterocycles. The lowest BCUT2D eigenvalue weighted by Crippen LogP contribution is -2.15. The third kappa shape index (κ3) is 3.80. The number of phenolic OH excluding ortho intramolecular Hbond substituents is 1. The summed E-state index contributed by atoms with van der Waals surface area (Å²) in [6.07, 6.45) is 0. The topological polar surface area (TPSA) is 72.8 Å². The van der Waals surface area contributed by atoms with Crippen molar-refractivity contribution in [2.45, 2.75) is 0 Å². The Morgan fingerprint density at radius 3 is 2.54 bits per heavy atom. The third-order valence-electron chi connectivity index (χ3n) is 3.05. The van der Waals surface area contributed by atoms with Crippen molar-refractivity contribution in [2.75, 3.05) is 13.7 Å². The maximum atomic E-state index is 13.5. The van der Waals surface area contributed by atoms with E-state index >= 15 is 0 Å². The number of benzene rings is 2. The van der Waals surface area contributed by atoms with Gasteiger partial charge in [-0.1, -0.05) is 11.6 Å². The van der Waals surface area contributed by atoms with Gasteiger partial charge in [-0.05, 0) is 24.3 Å². The molecule has 126 valence electrons. The third-order valence-corrected chi connectivity index (χ3v) is 3.34. The van der Waals surface area contributed by atoms with Crippen LogP contribution in [0.15, 0.2) is 30.3 Å². The summed E-state index contributed by atoms with van der Waals surface area (Å²) in [7, 11) is 1.27. The molecule has 0 unspecified atom stereocenters. The van der Waals surface area contributed by atoms with Crippen molar-refractivity contribution in [2.24, 2.45) is 0 Å². The smallest absolute Gasteiger partial charge is 0.338 e. The van der Waals surface area contributed by atoms with Crippen molar-refractivity contribution in [3.8, 4) is 11.5 Å². The van der Waals surface area contributed by atoms with Crippen LogP contribution in [-0.2, 0) is 4.74 Å². The summed E-state index contributed by atoms with van der Waals surface area (Å²) in [6, 6.07) is 4.74. The van der Waals surface area contributed by atoms with E-state index in [-0.39, 0.29) is 22.1 Å². The van der Waals surface area contributed by atoms with Crippen LogP contribution in [0.25, 0.3) is 0 Å². The Hall–Kier alpha value is -2.67. The highest BCUT2D eigenvalue weighted by Crippen LogP contribution is 2.35. The number of aromatic hydroxyl groups is 1. The van der Waals surface area contributed by atoms with Crippen molar-refractivity contribution in [3.05, 3.63) is 58.1 Å². The molecule has 2 aromatic carbocycles. The van der Waals surface area contributed by atoms with Gasteiger partial charge in [-0.15, -0.1) is 0 Å². The average Bonchev–Trinajstić information content (AvgIpc) is 2.54. The zero-order chi connectivity index (χ0) is 17.9. The summed E-state index contributed by atoms with van der Waals surface area (Å²) in [5, 5.41) is 9.45. The van der Waals surface area contributed by atoms with Crippen LogP contribution in [0.2, 0.25) is 5.02 Å². The van der Waals surface area contributed by atoms with Crippen molar-refractivity contribution in [1.82, 2.24) is 0 Å². The molecule has 0 spiro atoms. The van der Waals surface area contributed by atoms with Crippen LogP contribution in [0.5, 0.6) is 11.5 Å². The van der Waals surface area contributed by atoms with E-state index in [1.54, 1.807) is 0 Å². The predicted octanol–water partition coefficient (Wildman–Crippen LogP) is 3.37. The van der Waals surface area contributed by atoms with E-state index in [0.29, 0.717) is 6.07 Å². The number of carbonyl (C=O) groups is 2. The van der Waals surface area contributed by atoms with Crippen LogP contribution in [0, 0.1) is 11.6 Å². The van der Waals surface area contributed by atoms with Crippen LogP contribution >= 0.6 is 11.6 Å². The molecule has 0 fully saturated rings. The quantitative estimate of drug-likeness (QED) is 0.657. The largest absolute Gasteiger partial charge is 0.503 e. The van der Waals surface area contributed by atoms with Gasteiger partial charge in [0.15, 0.2) is 18.1 Å². The molecule has 5 nitrogen and oxygen atoms in total. The molecule has 0 heterocycles. The molecule has 0 bridgehead atoms. The summed E-state index contributed by atoms with van der Waals surface area (Å²) in [6.45, 7) is -0.748. The lowest BCUT2D eigenvalue weighted by atomic mass is 10.1. The summed E-state index contributed by atoms with van der Waals surface area (Å²) in [5.41, 5.74) is -0.465. The van der Waals surface area contributed by atoms with Gasteiger partial charge in [0, 0.05) is 6.07 Å². The monoisotopic (exact) mass is 356 g/mol. The molecule has 0 amide bonds. The lowest BCUT2D eigenvalue weighted by molar-refractivity contribution is 0.0473. The van der Waals surface area contributed by atoms with Crippen LogP contribution in [0.4, 0.5) is 8.78 Å². The van der Waals surface area contributed by atoms with Gasteiger partial charge in [-0.25, -0.2) is 13.6 Å². The van der Waals surface area contributed by atoms with E-state index in [0.717, 1.165) is 18.2 Å². The molecular weight excluding hydrogens is 346 g/mol. The zero-order valence-corrected chi connectivity index (χ0v) is 13.1. The normalized spacial score (nSPS) is 10.3. The number of hydrogen-bond donors (Lipinski definition) is 1. The van der Waals surface area contributed by atoms with Crippen molar-refractivity contribution in [1.29, 1.82) is 0 Å². The molecular formula is C16H11ClF2O5. The van der Waals surface area contributed by atoms with Crippen molar-refractivity contribution >= 4 is 23.4 Å². The molecule has 1 N–H and O–H groups in total. The second-order valence-corrected chi connectivity index (χ2v) is 5.04. The minimum atomic E-state index is -1.05. The Morgan fingerprint density at radius 2 is 1.92 bits per heavy atom. The maximum Gasteiger partial charge on any atom is 0.338 e. The van der Waals surface area contributed by atoms with Crippen LogP contribution in [0.1, 0.15) is 20.7 Å². The van der Waals surface area contributed by atoms with Crippen molar-refractivity contribution in [3.63, 3.8) is 0 Å². The number of hydrogen-bond acceptors (Lipinski definition) is 5. The van der Waals surface area contributed by atoms with Crippen LogP contribution in [0.3, 0.4) is 0 Å².